The number of methoxy groups -OCH3 is 1. The van der Waals surface area contributed by atoms with Crippen LogP contribution in [0.25, 0.3) is 0 Å². The number of carbonyl (C=O) groups is 1. The normalized spacial score (nSPS) is 16.7. The number of rotatable bonds is 3. The van der Waals surface area contributed by atoms with Gasteiger partial charge in [-0.15, -0.1) is 0 Å². The molecule has 1 aliphatic rings. The second kappa shape index (κ2) is 6.64. The smallest absolute Gasteiger partial charge is 0.357 e. The molecule has 22 heavy (non-hydrogen) atoms. The number of pyridine rings is 1. The Morgan fingerprint density at radius 1 is 1.32 bits per heavy atom. The van der Waals surface area contributed by atoms with Crippen LogP contribution in [0.1, 0.15) is 40.6 Å². The van der Waals surface area contributed by atoms with Crippen LogP contribution in [0, 0.1) is 3.57 Å². The number of esters is 1. The van der Waals surface area contributed by atoms with Crippen LogP contribution in [0.2, 0.25) is 0 Å². The van der Waals surface area contributed by atoms with Crippen molar-refractivity contribution in [2.75, 3.05) is 7.11 Å². The third-order valence-corrected chi connectivity index (χ3v) is 4.76. The summed E-state index contributed by atoms with van der Waals surface area (Å²) in [6.45, 7) is 0. The van der Waals surface area contributed by atoms with Crippen molar-refractivity contribution in [2.45, 2.75) is 25.4 Å². The molecule has 0 N–H and O–H groups in total. The average Bonchev–Trinajstić information content (AvgIpc) is 2.56. The van der Waals surface area contributed by atoms with Crippen molar-refractivity contribution in [2.24, 2.45) is 0 Å². The molecule has 0 bridgehead atoms. The van der Waals surface area contributed by atoms with Crippen LogP contribution in [0.15, 0.2) is 36.5 Å². The topological polar surface area (TPSA) is 48.4 Å². The molecule has 1 aliphatic carbocycles. The molecule has 1 heterocycles. The van der Waals surface area contributed by atoms with Gasteiger partial charge in [-0.1, -0.05) is 6.07 Å². The van der Waals surface area contributed by atoms with E-state index < -0.39 is 0 Å². The summed E-state index contributed by atoms with van der Waals surface area (Å²) in [5.74, 6) is 0.492. The molecule has 0 amide bonds. The van der Waals surface area contributed by atoms with Gasteiger partial charge in [0.25, 0.3) is 0 Å². The second-order valence-corrected chi connectivity index (χ2v) is 6.31. The first-order chi connectivity index (χ1) is 10.7. The number of carbonyl (C=O) groups excluding carboxylic acids is 1. The maximum Gasteiger partial charge on any atom is 0.357 e. The Morgan fingerprint density at radius 2 is 2.18 bits per heavy atom. The van der Waals surface area contributed by atoms with Crippen molar-refractivity contribution in [1.29, 1.82) is 0 Å². The van der Waals surface area contributed by atoms with Crippen molar-refractivity contribution >= 4 is 28.6 Å². The van der Waals surface area contributed by atoms with Crippen molar-refractivity contribution < 1.29 is 14.3 Å². The Morgan fingerprint density at radius 3 is 2.91 bits per heavy atom. The molecule has 5 heteroatoms. The molecule has 0 spiro atoms. The number of aromatic nitrogens is 1. The number of hydrogen-bond donors (Lipinski definition) is 0. The van der Waals surface area contributed by atoms with Crippen LogP contribution in [0.5, 0.6) is 5.75 Å². The molecule has 1 aromatic heterocycles. The van der Waals surface area contributed by atoms with Gasteiger partial charge in [-0.25, -0.2) is 9.78 Å². The lowest BCUT2D eigenvalue weighted by molar-refractivity contribution is 0.0246. The van der Waals surface area contributed by atoms with Crippen molar-refractivity contribution in [1.82, 2.24) is 4.98 Å². The third kappa shape index (κ3) is 2.95. The minimum Gasteiger partial charge on any atom is -0.496 e. The van der Waals surface area contributed by atoms with E-state index in [0.717, 1.165) is 39.7 Å². The molecular weight excluding hydrogens is 393 g/mol. The predicted molar refractivity (Wildman–Crippen MR) is 91.0 cm³/mol. The molecule has 0 radical (unpaired) electrons. The van der Waals surface area contributed by atoms with Crippen LogP contribution in [0.3, 0.4) is 0 Å². The van der Waals surface area contributed by atoms with Crippen LogP contribution >= 0.6 is 22.6 Å². The maximum atomic E-state index is 12.3. The summed E-state index contributed by atoms with van der Waals surface area (Å²) in [5, 5.41) is 0. The second-order valence-electron chi connectivity index (χ2n) is 5.14. The van der Waals surface area contributed by atoms with Crippen molar-refractivity contribution in [3.63, 3.8) is 0 Å². The summed E-state index contributed by atoms with van der Waals surface area (Å²) in [5.41, 5.74) is 2.57. The fraction of sp³-hybridized carbons (Fsp3) is 0.294. The van der Waals surface area contributed by atoms with Gasteiger partial charge in [0.15, 0.2) is 0 Å². The van der Waals surface area contributed by atoms with E-state index in [0.29, 0.717) is 5.69 Å². The highest BCUT2D eigenvalue weighted by molar-refractivity contribution is 14.1. The number of halogens is 1. The standard InChI is InChI=1S/C17H16INO3/c1-21-14-9-8-12(18)16-11(14)5-4-7-15(16)22-17(20)13-6-2-3-10-19-13/h2-3,6,8-10,15H,4-5,7H2,1H3/t15-/m1/s1. The molecule has 0 saturated heterocycles. The number of fused-ring (bicyclic) bond motifs is 1. The van der Waals surface area contributed by atoms with Crippen LogP contribution in [-0.4, -0.2) is 18.1 Å². The molecule has 1 atom stereocenters. The summed E-state index contributed by atoms with van der Waals surface area (Å²) in [7, 11) is 1.67. The Hall–Kier alpha value is -1.63. The molecule has 3 rings (SSSR count). The van der Waals surface area contributed by atoms with Gasteiger partial charge in [0.2, 0.25) is 0 Å². The quantitative estimate of drug-likeness (QED) is 0.570. The summed E-state index contributed by atoms with van der Waals surface area (Å²) >= 11 is 2.29. The zero-order valence-electron chi connectivity index (χ0n) is 12.2. The first-order valence-electron chi connectivity index (χ1n) is 7.18. The molecule has 1 aromatic carbocycles. The molecule has 114 valence electrons. The minimum atomic E-state index is -0.378. The van der Waals surface area contributed by atoms with E-state index in [1.165, 1.54) is 0 Å². The van der Waals surface area contributed by atoms with E-state index in [2.05, 4.69) is 27.6 Å². The number of ether oxygens (including phenoxy) is 2. The summed E-state index contributed by atoms with van der Waals surface area (Å²) in [6.07, 6.45) is 4.11. The lowest BCUT2D eigenvalue weighted by atomic mass is 9.88. The van der Waals surface area contributed by atoms with Gasteiger partial charge in [-0.3, -0.25) is 0 Å². The zero-order valence-corrected chi connectivity index (χ0v) is 14.4. The highest BCUT2D eigenvalue weighted by Crippen LogP contribution is 2.40. The molecule has 0 aliphatic heterocycles. The van der Waals surface area contributed by atoms with Crippen LogP contribution < -0.4 is 4.74 Å². The molecule has 0 unspecified atom stereocenters. The minimum absolute atomic E-state index is 0.236. The molecule has 0 saturated carbocycles. The largest absolute Gasteiger partial charge is 0.496 e. The Labute approximate surface area is 143 Å². The van der Waals surface area contributed by atoms with Gasteiger partial charge in [0.05, 0.1) is 7.11 Å². The Balaban J connectivity index is 1.90. The van der Waals surface area contributed by atoms with Crippen molar-refractivity contribution in [3.8, 4) is 5.75 Å². The fourth-order valence-corrected chi connectivity index (χ4v) is 3.67. The van der Waals surface area contributed by atoms with E-state index in [-0.39, 0.29) is 12.1 Å². The molecule has 2 aromatic rings. The average molecular weight is 409 g/mol. The predicted octanol–water partition coefficient (Wildman–Crippen LogP) is 3.93. The Kier molecular flexibility index (Phi) is 4.61. The van der Waals surface area contributed by atoms with E-state index in [1.807, 2.05) is 12.1 Å². The van der Waals surface area contributed by atoms with Gasteiger partial charge >= 0.3 is 5.97 Å². The van der Waals surface area contributed by atoms with E-state index in [9.17, 15) is 4.79 Å². The molecule has 0 fully saturated rings. The van der Waals surface area contributed by atoms with E-state index in [1.54, 1.807) is 31.5 Å². The van der Waals surface area contributed by atoms with Gasteiger partial charge < -0.3 is 9.47 Å². The SMILES string of the molecule is COc1ccc(I)c2c1CCC[C@H]2OC(=O)c1ccccn1. The first-order valence-corrected chi connectivity index (χ1v) is 8.26. The maximum absolute atomic E-state index is 12.3. The summed E-state index contributed by atoms with van der Waals surface area (Å²) < 4.78 is 12.3. The number of hydrogen-bond acceptors (Lipinski definition) is 4. The highest BCUT2D eigenvalue weighted by Gasteiger charge is 2.28. The monoisotopic (exact) mass is 409 g/mol. The molecular formula is C17H16INO3. The van der Waals surface area contributed by atoms with Crippen LogP contribution in [-0.2, 0) is 11.2 Å². The third-order valence-electron chi connectivity index (χ3n) is 3.82. The Bertz CT molecular complexity index is 688. The first kappa shape index (κ1) is 15.3. The number of nitrogens with zero attached hydrogens (tertiary/aromatic N) is 1. The van der Waals surface area contributed by atoms with Gasteiger partial charge in [-0.2, -0.15) is 0 Å². The highest BCUT2D eigenvalue weighted by atomic mass is 127. The van der Waals surface area contributed by atoms with Gasteiger partial charge in [0, 0.05) is 20.9 Å². The summed E-state index contributed by atoms with van der Waals surface area (Å²) in [4.78, 5) is 16.3. The van der Waals surface area contributed by atoms with E-state index in [4.69, 9.17) is 9.47 Å². The van der Waals surface area contributed by atoms with Gasteiger partial charge in [-0.05, 0) is 66.1 Å². The summed E-state index contributed by atoms with van der Waals surface area (Å²) in [6, 6.07) is 9.21. The molecule has 4 nitrogen and oxygen atoms in total. The van der Waals surface area contributed by atoms with Crippen LogP contribution in [0.4, 0.5) is 0 Å². The lowest BCUT2D eigenvalue weighted by Crippen LogP contribution is -2.19. The lowest BCUT2D eigenvalue weighted by Gasteiger charge is -2.27. The fourth-order valence-electron chi connectivity index (χ4n) is 2.81. The number of benzene rings is 1. The van der Waals surface area contributed by atoms with Gasteiger partial charge in [0.1, 0.15) is 17.5 Å². The zero-order chi connectivity index (χ0) is 15.5. The van der Waals surface area contributed by atoms with E-state index >= 15 is 0 Å². The van der Waals surface area contributed by atoms with Crippen molar-refractivity contribution in [3.05, 3.63) is 56.9 Å².